The summed E-state index contributed by atoms with van der Waals surface area (Å²) in [6.45, 7) is 5.44. The molecule has 0 unspecified atom stereocenters. The normalized spacial score (nSPS) is 11.3. The standard InChI is InChI=1S/C22H26BrNO2/c1-4-24(5-2)22(25)18-13-11-17(12-14-18)21(10-7-15-23)19-8-6-9-20(16-19)26-3/h6,8-14,16H,4-5,7,15H2,1-3H3/b21-10-. The summed E-state index contributed by atoms with van der Waals surface area (Å²) in [7, 11) is 1.68. The van der Waals surface area contributed by atoms with E-state index in [0.717, 1.165) is 52.9 Å². The van der Waals surface area contributed by atoms with E-state index in [-0.39, 0.29) is 5.91 Å². The Morgan fingerprint density at radius 3 is 2.27 bits per heavy atom. The maximum atomic E-state index is 12.5. The van der Waals surface area contributed by atoms with Gasteiger partial charge in [-0.25, -0.2) is 0 Å². The van der Waals surface area contributed by atoms with Crippen molar-refractivity contribution >= 4 is 27.4 Å². The van der Waals surface area contributed by atoms with Crippen LogP contribution in [0, 0.1) is 0 Å². The zero-order valence-electron chi connectivity index (χ0n) is 15.7. The number of alkyl halides is 1. The summed E-state index contributed by atoms with van der Waals surface area (Å²) >= 11 is 3.49. The van der Waals surface area contributed by atoms with Gasteiger partial charge in [-0.1, -0.05) is 46.3 Å². The number of rotatable bonds is 8. The Hall–Kier alpha value is -2.07. The van der Waals surface area contributed by atoms with E-state index in [2.05, 4.69) is 28.1 Å². The first-order chi connectivity index (χ1) is 12.6. The summed E-state index contributed by atoms with van der Waals surface area (Å²) in [5.74, 6) is 0.912. The monoisotopic (exact) mass is 415 g/mol. The second-order valence-electron chi connectivity index (χ2n) is 5.88. The van der Waals surface area contributed by atoms with E-state index in [1.165, 1.54) is 0 Å². The van der Waals surface area contributed by atoms with Gasteiger partial charge in [0.15, 0.2) is 0 Å². The van der Waals surface area contributed by atoms with Crippen LogP contribution in [0.5, 0.6) is 5.75 Å². The fraction of sp³-hybridized carbons (Fsp3) is 0.318. The number of hydrogen-bond acceptors (Lipinski definition) is 2. The summed E-state index contributed by atoms with van der Waals surface area (Å²) in [6.07, 6.45) is 3.14. The second kappa shape index (κ2) is 10.2. The van der Waals surface area contributed by atoms with Crippen molar-refractivity contribution in [2.24, 2.45) is 0 Å². The summed E-state index contributed by atoms with van der Waals surface area (Å²) < 4.78 is 5.36. The summed E-state index contributed by atoms with van der Waals surface area (Å²) in [6, 6.07) is 15.9. The molecule has 0 aromatic heterocycles. The van der Waals surface area contributed by atoms with Crippen molar-refractivity contribution in [1.29, 1.82) is 0 Å². The van der Waals surface area contributed by atoms with Crippen LogP contribution in [0.1, 0.15) is 41.8 Å². The summed E-state index contributed by atoms with van der Waals surface area (Å²) in [5, 5.41) is 0.902. The van der Waals surface area contributed by atoms with E-state index >= 15 is 0 Å². The number of methoxy groups -OCH3 is 1. The molecule has 0 atom stereocenters. The van der Waals surface area contributed by atoms with Gasteiger partial charge < -0.3 is 9.64 Å². The minimum absolute atomic E-state index is 0.0777. The molecule has 1 amide bonds. The molecule has 0 fully saturated rings. The van der Waals surface area contributed by atoms with Gasteiger partial charge in [-0.05, 0) is 61.2 Å². The van der Waals surface area contributed by atoms with Crippen LogP contribution >= 0.6 is 15.9 Å². The smallest absolute Gasteiger partial charge is 0.253 e. The van der Waals surface area contributed by atoms with Gasteiger partial charge >= 0.3 is 0 Å². The molecule has 2 rings (SSSR count). The maximum absolute atomic E-state index is 12.5. The van der Waals surface area contributed by atoms with Crippen molar-refractivity contribution in [3.8, 4) is 5.75 Å². The molecule has 0 saturated heterocycles. The predicted molar refractivity (Wildman–Crippen MR) is 112 cm³/mol. The third kappa shape index (κ3) is 4.98. The highest BCUT2D eigenvalue weighted by atomic mass is 79.9. The SMILES string of the molecule is CCN(CC)C(=O)c1ccc(/C(=C/CCBr)c2cccc(OC)c2)cc1. The first-order valence-electron chi connectivity index (χ1n) is 8.94. The molecule has 2 aromatic carbocycles. The number of benzene rings is 2. The Morgan fingerprint density at radius 2 is 1.69 bits per heavy atom. The molecule has 0 saturated carbocycles. The van der Waals surface area contributed by atoms with E-state index in [0.29, 0.717) is 0 Å². The Bertz CT molecular complexity index is 749. The average molecular weight is 416 g/mol. The highest BCUT2D eigenvalue weighted by Gasteiger charge is 2.13. The first-order valence-corrected chi connectivity index (χ1v) is 10.1. The lowest BCUT2D eigenvalue weighted by atomic mass is 9.95. The zero-order chi connectivity index (χ0) is 18.9. The van der Waals surface area contributed by atoms with Crippen LogP contribution in [-0.4, -0.2) is 36.3 Å². The molecule has 0 aliphatic rings. The number of carbonyl (C=O) groups is 1. The molecule has 0 spiro atoms. The topological polar surface area (TPSA) is 29.5 Å². The Kier molecular flexibility index (Phi) is 7.92. The molecule has 4 heteroatoms. The number of nitrogens with zero attached hydrogens (tertiary/aromatic N) is 1. The molecule has 0 bridgehead atoms. The highest BCUT2D eigenvalue weighted by molar-refractivity contribution is 9.09. The molecule has 3 nitrogen and oxygen atoms in total. The van der Waals surface area contributed by atoms with Gasteiger partial charge in [-0.3, -0.25) is 4.79 Å². The van der Waals surface area contributed by atoms with Crippen molar-refractivity contribution in [2.45, 2.75) is 20.3 Å². The number of halogens is 1. The van der Waals surface area contributed by atoms with Crippen molar-refractivity contribution in [3.63, 3.8) is 0 Å². The largest absolute Gasteiger partial charge is 0.497 e. The molecule has 0 N–H and O–H groups in total. The van der Waals surface area contributed by atoms with Crippen LogP contribution in [-0.2, 0) is 0 Å². The third-order valence-electron chi connectivity index (χ3n) is 4.33. The van der Waals surface area contributed by atoms with Crippen LogP contribution in [0.15, 0.2) is 54.6 Å². The van der Waals surface area contributed by atoms with Gasteiger partial charge in [0.2, 0.25) is 0 Å². The second-order valence-corrected chi connectivity index (χ2v) is 6.68. The van der Waals surface area contributed by atoms with Gasteiger partial charge in [-0.15, -0.1) is 0 Å². The van der Waals surface area contributed by atoms with Crippen molar-refractivity contribution in [3.05, 3.63) is 71.3 Å². The van der Waals surface area contributed by atoms with Crippen LogP contribution < -0.4 is 4.74 Å². The molecule has 0 aliphatic carbocycles. The number of allylic oxidation sites excluding steroid dienone is 1. The van der Waals surface area contributed by atoms with Crippen molar-refractivity contribution in [2.75, 3.05) is 25.5 Å². The number of hydrogen-bond donors (Lipinski definition) is 0. The van der Waals surface area contributed by atoms with E-state index < -0.39 is 0 Å². The van der Waals surface area contributed by atoms with Crippen LogP contribution in [0.4, 0.5) is 0 Å². The van der Waals surface area contributed by atoms with Crippen LogP contribution in [0.25, 0.3) is 5.57 Å². The molecule has 0 radical (unpaired) electrons. The van der Waals surface area contributed by atoms with Crippen LogP contribution in [0.3, 0.4) is 0 Å². The van der Waals surface area contributed by atoms with Crippen molar-refractivity contribution in [1.82, 2.24) is 4.90 Å². The first kappa shape index (κ1) is 20.2. The van der Waals surface area contributed by atoms with Gasteiger partial charge in [0.05, 0.1) is 7.11 Å². The fourth-order valence-electron chi connectivity index (χ4n) is 2.88. The number of carbonyl (C=O) groups excluding carboxylic acids is 1. The fourth-order valence-corrected chi connectivity index (χ4v) is 3.11. The Morgan fingerprint density at radius 1 is 1.04 bits per heavy atom. The van der Waals surface area contributed by atoms with Gasteiger partial charge in [-0.2, -0.15) is 0 Å². The van der Waals surface area contributed by atoms with Crippen LogP contribution in [0.2, 0.25) is 0 Å². The molecule has 2 aromatic rings. The number of amides is 1. The van der Waals surface area contributed by atoms with Gasteiger partial charge in [0.1, 0.15) is 5.75 Å². The van der Waals surface area contributed by atoms with Gasteiger partial charge in [0.25, 0.3) is 5.91 Å². The van der Waals surface area contributed by atoms with E-state index in [1.54, 1.807) is 7.11 Å². The highest BCUT2D eigenvalue weighted by Crippen LogP contribution is 2.27. The van der Waals surface area contributed by atoms with E-state index in [9.17, 15) is 4.79 Å². The van der Waals surface area contributed by atoms with E-state index in [1.807, 2.05) is 61.2 Å². The summed E-state index contributed by atoms with van der Waals surface area (Å²) in [4.78, 5) is 14.3. The average Bonchev–Trinajstić information content (AvgIpc) is 2.69. The zero-order valence-corrected chi connectivity index (χ0v) is 17.3. The molecule has 26 heavy (non-hydrogen) atoms. The lowest BCUT2D eigenvalue weighted by molar-refractivity contribution is 0.0773. The molecule has 138 valence electrons. The maximum Gasteiger partial charge on any atom is 0.253 e. The number of ether oxygens (including phenoxy) is 1. The van der Waals surface area contributed by atoms with Crippen molar-refractivity contribution < 1.29 is 9.53 Å². The minimum atomic E-state index is 0.0777. The van der Waals surface area contributed by atoms with E-state index in [4.69, 9.17) is 4.74 Å². The molecular weight excluding hydrogens is 390 g/mol. The summed E-state index contributed by atoms with van der Waals surface area (Å²) in [5.41, 5.74) is 4.07. The Balaban J connectivity index is 2.36. The molecule has 0 aliphatic heterocycles. The lowest BCUT2D eigenvalue weighted by Crippen LogP contribution is -2.30. The predicted octanol–water partition coefficient (Wildman–Crippen LogP) is 5.39. The molecular formula is C22H26BrNO2. The lowest BCUT2D eigenvalue weighted by Gasteiger charge is -2.19. The third-order valence-corrected chi connectivity index (χ3v) is 4.79. The molecule has 0 heterocycles. The Labute approximate surface area is 164 Å². The van der Waals surface area contributed by atoms with Gasteiger partial charge in [0, 0.05) is 24.0 Å². The minimum Gasteiger partial charge on any atom is -0.497 e. The quantitative estimate of drug-likeness (QED) is 0.540.